The van der Waals surface area contributed by atoms with Crippen LogP contribution in [0.25, 0.3) is 5.65 Å². The number of carboxylic acid groups (broad SMARTS) is 1. The second-order valence-corrected chi connectivity index (χ2v) is 5.28. The summed E-state index contributed by atoms with van der Waals surface area (Å²) in [6, 6.07) is 4.22. The molecule has 1 unspecified atom stereocenters. The van der Waals surface area contributed by atoms with Crippen molar-refractivity contribution in [3.8, 4) is 0 Å². The lowest BCUT2D eigenvalue weighted by Gasteiger charge is -2.14. The molecule has 4 N–H and O–H groups in total. The molecule has 1 atom stereocenters. The molecule has 0 spiro atoms. The van der Waals surface area contributed by atoms with Crippen molar-refractivity contribution in [2.24, 2.45) is 5.73 Å². The van der Waals surface area contributed by atoms with Crippen LogP contribution in [-0.2, 0) is 9.59 Å². The van der Waals surface area contributed by atoms with Crippen LogP contribution in [0.3, 0.4) is 0 Å². The highest BCUT2D eigenvalue weighted by molar-refractivity contribution is 5.97. The van der Waals surface area contributed by atoms with Gasteiger partial charge in [-0.05, 0) is 32.4 Å². The average molecular weight is 318 g/mol. The number of primary amides is 1. The molecule has 2 heterocycles. The Morgan fingerprint density at radius 3 is 2.65 bits per heavy atom. The van der Waals surface area contributed by atoms with Crippen molar-refractivity contribution >= 4 is 23.4 Å². The maximum atomic E-state index is 12.5. The minimum Gasteiger partial charge on any atom is -0.480 e. The highest BCUT2D eigenvalue weighted by Gasteiger charge is 2.24. The van der Waals surface area contributed by atoms with E-state index in [9.17, 15) is 19.5 Å². The number of hydrogen-bond acceptors (Lipinski definition) is 4. The van der Waals surface area contributed by atoms with E-state index in [0.717, 1.165) is 5.69 Å². The van der Waals surface area contributed by atoms with Crippen LogP contribution in [-0.4, -0.2) is 38.3 Å². The number of nitrogens with one attached hydrogen (secondary N) is 1. The largest absolute Gasteiger partial charge is 0.480 e. The number of amides is 2. The molecular weight excluding hydrogens is 300 g/mol. The van der Waals surface area contributed by atoms with Gasteiger partial charge < -0.3 is 16.2 Å². The summed E-state index contributed by atoms with van der Waals surface area (Å²) in [5.74, 6) is -2.39. The summed E-state index contributed by atoms with van der Waals surface area (Å²) in [7, 11) is 0. The molecule has 0 aliphatic rings. The molecule has 0 saturated carbocycles. The van der Waals surface area contributed by atoms with Crippen LogP contribution in [0.4, 0.5) is 0 Å². The number of aliphatic carboxylic acids is 1. The molecular formula is C15H18N4O4. The number of fused-ring (bicyclic) bond motifs is 1. The summed E-state index contributed by atoms with van der Waals surface area (Å²) in [6.07, 6.45) is -0.187. The molecule has 2 aromatic rings. The summed E-state index contributed by atoms with van der Waals surface area (Å²) < 4.78 is 1.66. The van der Waals surface area contributed by atoms with Crippen LogP contribution in [0.15, 0.2) is 18.2 Å². The molecule has 8 nitrogen and oxygen atoms in total. The molecule has 2 amide bonds. The summed E-state index contributed by atoms with van der Waals surface area (Å²) in [6.45, 7) is 3.51. The molecule has 0 bridgehead atoms. The first-order valence-electron chi connectivity index (χ1n) is 7.08. The number of rotatable bonds is 6. The van der Waals surface area contributed by atoms with E-state index in [1.165, 1.54) is 0 Å². The standard InChI is InChI=1S/C15H18N4O4/c1-8-4-3-5-12-17-9(2)13(19(8)12)14(21)18-10(15(22)23)6-7-11(16)20/h3-5,10H,6-7H2,1-2H3,(H2,16,20)(H,18,21)(H,22,23). The van der Waals surface area contributed by atoms with Crippen molar-refractivity contribution in [1.82, 2.24) is 14.7 Å². The van der Waals surface area contributed by atoms with Crippen LogP contribution in [0, 0.1) is 13.8 Å². The van der Waals surface area contributed by atoms with Gasteiger partial charge in [-0.3, -0.25) is 14.0 Å². The monoisotopic (exact) mass is 318 g/mol. The number of aromatic nitrogens is 2. The Hall–Kier alpha value is -2.90. The van der Waals surface area contributed by atoms with Crippen LogP contribution in [0.2, 0.25) is 0 Å². The lowest BCUT2D eigenvalue weighted by Crippen LogP contribution is -2.42. The number of aryl methyl sites for hydroxylation is 2. The normalized spacial score (nSPS) is 12.1. The molecule has 8 heteroatoms. The van der Waals surface area contributed by atoms with Gasteiger partial charge in [0.25, 0.3) is 5.91 Å². The Labute approximate surface area is 132 Å². The van der Waals surface area contributed by atoms with E-state index < -0.39 is 23.8 Å². The third kappa shape index (κ3) is 3.47. The molecule has 2 aromatic heterocycles. The van der Waals surface area contributed by atoms with Crippen LogP contribution in [0.1, 0.15) is 34.7 Å². The average Bonchev–Trinajstić information content (AvgIpc) is 2.80. The van der Waals surface area contributed by atoms with Gasteiger partial charge in [-0.1, -0.05) is 6.07 Å². The van der Waals surface area contributed by atoms with Gasteiger partial charge in [-0.25, -0.2) is 9.78 Å². The number of carboxylic acids is 1. The maximum absolute atomic E-state index is 12.5. The molecule has 0 aliphatic carbocycles. The number of hydrogen-bond donors (Lipinski definition) is 3. The SMILES string of the molecule is Cc1nc2cccc(C)n2c1C(=O)NC(CCC(N)=O)C(=O)O. The Balaban J connectivity index is 2.31. The first kappa shape index (κ1) is 16.5. The Kier molecular flexibility index (Phi) is 4.63. The predicted octanol–water partition coefficient (Wildman–Crippen LogP) is 0.400. The Morgan fingerprint density at radius 1 is 1.35 bits per heavy atom. The van der Waals surface area contributed by atoms with Gasteiger partial charge in [-0.2, -0.15) is 0 Å². The van der Waals surface area contributed by atoms with E-state index >= 15 is 0 Å². The molecule has 0 radical (unpaired) electrons. The lowest BCUT2D eigenvalue weighted by atomic mass is 10.1. The first-order chi connectivity index (χ1) is 10.8. The van der Waals surface area contributed by atoms with Gasteiger partial charge in [0.1, 0.15) is 17.4 Å². The second-order valence-electron chi connectivity index (χ2n) is 5.28. The van der Waals surface area contributed by atoms with Crippen molar-refractivity contribution in [3.05, 3.63) is 35.3 Å². The zero-order chi connectivity index (χ0) is 17.1. The highest BCUT2D eigenvalue weighted by atomic mass is 16.4. The summed E-state index contributed by atoms with van der Waals surface area (Å²) >= 11 is 0. The zero-order valence-electron chi connectivity index (χ0n) is 12.9. The van der Waals surface area contributed by atoms with Gasteiger partial charge in [0.05, 0.1) is 5.69 Å². The van der Waals surface area contributed by atoms with Gasteiger partial charge in [0.2, 0.25) is 5.91 Å². The van der Waals surface area contributed by atoms with E-state index in [0.29, 0.717) is 11.3 Å². The topological polar surface area (TPSA) is 127 Å². The quantitative estimate of drug-likeness (QED) is 0.710. The molecule has 0 aliphatic heterocycles. The zero-order valence-corrected chi connectivity index (χ0v) is 12.9. The van der Waals surface area contributed by atoms with E-state index in [-0.39, 0.29) is 18.5 Å². The van der Waals surface area contributed by atoms with Crippen molar-refractivity contribution in [2.75, 3.05) is 0 Å². The predicted molar refractivity (Wildman–Crippen MR) is 82.0 cm³/mol. The molecule has 0 aromatic carbocycles. The fourth-order valence-corrected chi connectivity index (χ4v) is 2.40. The van der Waals surface area contributed by atoms with E-state index in [1.54, 1.807) is 17.4 Å². The maximum Gasteiger partial charge on any atom is 0.326 e. The Morgan fingerprint density at radius 2 is 2.04 bits per heavy atom. The van der Waals surface area contributed by atoms with Gasteiger partial charge in [-0.15, -0.1) is 0 Å². The van der Waals surface area contributed by atoms with Crippen molar-refractivity contribution < 1.29 is 19.5 Å². The summed E-state index contributed by atoms with van der Waals surface area (Å²) in [5, 5.41) is 11.6. The fraction of sp³-hybridized carbons (Fsp3) is 0.333. The second kappa shape index (κ2) is 6.47. The highest BCUT2D eigenvalue weighted by Crippen LogP contribution is 2.15. The van der Waals surface area contributed by atoms with E-state index in [4.69, 9.17) is 5.73 Å². The number of carbonyl (C=O) groups excluding carboxylic acids is 2. The van der Waals surface area contributed by atoms with Crippen molar-refractivity contribution in [1.29, 1.82) is 0 Å². The number of pyridine rings is 1. The van der Waals surface area contributed by atoms with E-state index in [1.807, 2.05) is 19.1 Å². The molecule has 0 fully saturated rings. The smallest absolute Gasteiger partial charge is 0.326 e. The molecule has 122 valence electrons. The third-order valence-electron chi connectivity index (χ3n) is 3.51. The minimum absolute atomic E-state index is 0.0643. The van der Waals surface area contributed by atoms with Crippen LogP contribution < -0.4 is 11.1 Å². The minimum atomic E-state index is -1.22. The van der Waals surface area contributed by atoms with Crippen molar-refractivity contribution in [2.45, 2.75) is 32.7 Å². The van der Waals surface area contributed by atoms with E-state index in [2.05, 4.69) is 10.3 Å². The number of nitrogens with two attached hydrogens (primary N) is 1. The van der Waals surface area contributed by atoms with Gasteiger partial charge >= 0.3 is 5.97 Å². The number of nitrogens with zero attached hydrogens (tertiary/aromatic N) is 2. The molecule has 2 rings (SSSR count). The van der Waals surface area contributed by atoms with Crippen LogP contribution in [0.5, 0.6) is 0 Å². The van der Waals surface area contributed by atoms with Crippen LogP contribution >= 0.6 is 0 Å². The summed E-state index contributed by atoms with van der Waals surface area (Å²) in [5.41, 5.74) is 7.21. The van der Waals surface area contributed by atoms with Gasteiger partial charge in [0, 0.05) is 12.1 Å². The molecule has 0 saturated heterocycles. The number of imidazole rings is 1. The first-order valence-corrected chi connectivity index (χ1v) is 7.08. The summed E-state index contributed by atoms with van der Waals surface area (Å²) in [4.78, 5) is 38.9. The van der Waals surface area contributed by atoms with Crippen molar-refractivity contribution in [3.63, 3.8) is 0 Å². The third-order valence-corrected chi connectivity index (χ3v) is 3.51. The fourth-order valence-electron chi connectivity index (χ4n) is 2.40. The number of carbonyl (C=O) groups is 3. The Bertz CT molecular complexity index is 781. The lowest BCUT2D eigenvalue weighted by molar-refractivity contribution is -0.139. The molecule has 23 heavy (non-hydrogen) atoms. The van der Waals surface area contributed by atoms with Gasteiger partial charge in [0.15, 0.2) is 0 Å².